The van der Waals surface area contributed by atoms with Gasteiger partial charge in [0.2, 0.25) is 0 Å². The number of benzene rings is 1. The molecule has 20 heavy (non-hydrogen) atoms. The number of ether oxygens (including phenoxy) is 1. The lowest BCUT2D eigenvalue weighted by Crippen LogP contribution is -2.10. The van der Waals surface area contributed by atoms with Crippen molar-refractivity contribution >= 4 is 0 Å². The van der Waals surface area contributed by atoms with E-state index in [1.54, 1.807) is 6.26 Å². The zero-order valence-corrected chi connectivity index (χ0v) is 14.2. The molecule has 0 saturated carbocycles. The van der Waals surface area contributed by atoms with Crippen LogP contribution in [0.25, 0.3) is 0 Å². The van der Waals surface area contributed by atoms with E-state index in [0.717, 1.165) is 0 Å². The Morgan fingerprint density at radius 2 is 1.30 bits per heavy atom. The largest absolute Gasteiger partial charge is 0.494 e. The molecule has 0 aliphatic rings. The van der Waals surface area contributed by atoms with Crippen molar-refractivity contribution in [1.29, 1.82) is 0 Å². The molecule has 0 aliphatic heterocycles. The van der Waals surface area contributed by atoms with Gasteiger partial charge < -0.3 is 4.74 Å². The van der Waals surface area contributed by atoms with Crippen LogP contribution in [-0.4, -0.2) is 0 Å². The summed E-state index contributed by atoms with van der Waals surface area (Å²) in [5.41, 5.74) is 5.59. The van der Waals surface area contributed by atoms with Gasteiger partial charge in [-0.25, -0.2) is 0 Å². The van der Waals surface area contributed by atoms with Gasteiger partial charge in [0.25, 0.3) is 0 Å². The normalized spacial score (nSPS) is 13.1. The van der Waals surface area contributed by atoms with Crippen LogP contribution in [0.4, 0.5) is 0 Å². The standard InChI is InChI=1S/C19H30O/c1-9-20-15(8)19-17(13(4)5)10-16(12(2)3)11-18(19)14(6)7/h9-15H,1H2,2-8H3/t15-/m1/s1. The SMILES string of the molecule is C=CO[C@H](C)c1c(C(C)C)cc(C(C)C)cc1C(C)C. The van der Waals surface area contributed by atoms with Crippen LogP contribution in [0.3, 0.4) is 0 Å². The maximum atomic E-state index is 5.67. The monoisotopic (exact) mass is 274 g/mol. The Balaban J connectivity index is 3.54. The van der Waals surface area contributed by atoms with E-state index in [4.69, 9.17) is 4.74 Å². The molecule has 112 valence electrons. The summed E-state index contributed by atoms with van der Waals surface area (Å²) in [6, 6.07) is 4.72. The molecule has 0 N–H and O–H groups in total. The summed E-state index contributed by atoms with van der Waals surface area (Å²) in [6.07, 6.45) is 1.61. The van der Waals surface area contributed by atoms with Gasteiger partial charge in [-0.2, -0.15) is 0 Å². The fraction of sp³-hybridized carbons (Fsp3) is 0.579. The van der Waals surface area contributed by atoms with Crippen LogP contribution in [0.15, 0.2) is 25.0 Å². The van der Waals surface area contributed by atoms with Crippen LogP contribution in [0.2, 0.25) is 0 Å². The molecule has 0 aliphatic carbocycles. The molecule has 1 heteroatoms. The summed E-state index contributed by atoms with van der Waals surface area (Å²) >= 11 is 0. The lowest BCUT2D eigenvalue weighted by Gasteiger charge is -2.26. The van der Waals surface area contributed by atoms with Crippen LogP contribution in [0.1, 0.15) is 94.6 Å². The van der Waals surface area contributed by atoms with E-state index >= 15 is 0 Å². The second-order valence-corrected chi connectivity index (χ2v) is 6.52. The van der Waals surface area contributed by atoms with Crippen molar-refractivity contribution in [2.45, 2.75) is 72.3 Å². The molecule has 0 spiro atoms. The predicted molar refractivity (Wildman–Crippen MR) is 88.4 cm³/mol. The summed E-state index contributed by atoms with van der Waals surface area (Å²) in [5, 5.41) is 0. The van der Waals surface area contributed by atoms with Gasteiger partial charge in [0.15, 0.2) is 0 Å². The minimum Gasteiger partial charge on any atom is -0.494 e. The third kappa shape index (κ3) is 3.65. The molecule has 1 aromatic rings. The van der Waals surface area contributed by atoms with Crippen molar-refractivity contribution in [3.05, 3.63) is 47.2 Å². The molecule has 0 saturated heterocycles. The van der Waals surface area contributed by atoms with Gasteiger partial charge >= 0.3 is 0 Å². The average molecular weight is 274 g/mol. The molecule has 0 amide bonds. The van der Waals surface area contributed by atoms with E-state index in [1.807, 2.05) is 0 Å². The highest BCUT2D eigenvalue weighted by Gasteiger charge is 2.21. The quantitative estimate of drug-likeness (QED) is 0.555. The number of hydrogen-bond donors (Lipinski definition) is 0. The van der Waals surface area contributed by atoms with Crippen LogP contribution < -0.4 is 0 Å². The van der Waals surface area contributed by atoms with E-state index in [-0.39, 0.29) is 6.10 Å². The Hall–Kier alpha value is -1.24. The first-order valence-corrected chi connectivity index (χ1v) is 7.73. The smallest absolute Gasteiger partial charge is 0.121 e. The van der Waals surface area contributed by atoms with Crippen molar-refractivity contribution in [3.8, 4) is 0 Å². The Morgan fingerprint density at radius 3 is 1.60 bits per heavy atom. The maximum Gasteiger partial charge on any atom is 0.121 e. The van der Waals surface area contributed by atoms with Crippen molar-refractivity contribution in [2.24, 2.45) is 0 Å². The van der Waals surface area contributed by atoms with Crippen molar-refractivity contribution in [3.63, 3.8) is 0 Å². The minimum absolute atomic E-state index is 0.0588. The first-order chi connectivity index (χ1) is 9.29. The van der Waals surface area contributed by atoms with Crippen LogP contribution >= 0.6 is 0 Å². The fourth-order valence-electron chi connectivity index (χ4n) is 2.69. The number of rotatable bonds is 6. The molecule has 0 radical (unpaired) electrons. The van der Waals surface area contributed by atoms with Gasteiger partial charge in [-0.3, -0.25) is 0 Å². The van der Waals surface area contributed by atoms with Crippen LogP contribution in [0, 0.1) is 0 Å². The zero-order valence-electron chi connectivity index (χ0n) is 14.2. The molecule has 1 aromatic carbocycles. The van der Waals surface area contributed by atoms with E-state index in [2.05, 4.69) is 67.2 Å². The maximum absolute atomic E-state index is 5.67. The molecule has 0 bridgehead atoms. The van der Waals surface area contributed by atoms with Gasteiger partial charge in [0.1, 0.15) is 6.10 Å². The highest BCUT2D eigenvalue weighted by molar-refractivity contribution is 5.44. The summed E-state index contributed by atoms with van der Waals surface area (Å²) in [6.45, 7) is 19.4. The van der Waals surface area contributed by atoms with Gasteiger partial charge in [0.05, 0.1) is 6.26 Å². The van der Waals surface area contributed by atoms with Gasteiger partial charge in [-0.05, 0) is 46.9 Å². The van der Waals surface area contributed by atoms with Crippen molar-refractivity contribution in [2.75, 3.05) is 0 Å². The highest BCUT2D eigenvalue weighted by atomic mass is 16.5. The third-order valence-electron chi connectivity index (χ3n) is 3.88. The van der Waals surface area contributed by atoms with Gasteiger partial charge in [-0.1, -0.05) is 60.3 Å². The second-order valence-electron chi connectivity index (χ2n) is 6.52. The van der Waals surface area contributed by atoms with Crippen molar-refractivity contribution < 1.29 is 4.74 Å². The predicted octanol–water partition coefficient (Wildman–Crippen LogP) is 6.28. The van der Waals surface area contributed by atoms with Crippen molar-refractivity contribution in [1.82, 2.24) is 0 Å². The van der Waals surface area contributed by atoms with E-state index in [0.29, 0.717) is 17.8 Å². The summed E-state index contributed by atoms with van der Waals surface area (Å²) < 4.78 is 5.67. The molecule has 0 heterocycles. The Morgan fingerprint density at radius 1 is 0.850 bits per heavy atom. The lowest BCUT2D eigenvalue weighted by atomic mass is 9.82. The second kappa shape index (κ2) is 6.97. The van der Waals surface area contributed by atoms with Crippen LogP contribution in [0.5, 0.6) is 0 Å². The summed E-state index contributed by atoms with van der Waals surface area (Å²) in [4.78, 5) is 0. The molecule has 0 aromatic heterocycles. The fourth-order valence-corrected chi connectivity index (χ4v) is 2.69. The topological polar surface area (TPSA) is 9.23 Å². The third-order valence-corrected chi connectivity index (χ3v) is 3.88. The summed E-state index contributed by atoms with van der Waals surface area (Å²) in [7, 11) is 0. The molecule has 0 unspecified atom stereocenters. The molecule has 1 nitrogen and oxygen atoms in total. The molecular weight excluding hydrogens is 244 g/mol. The molecule has 1 atom stereocenters. The Kier molecular flexibility index (Phi) is 5.86. The van der Waals surface area contributed by atoms with Crippen LogP contribution in [-0.2, 0) is 4.74 Å². The zero-order chi connectivity index (χ0) is 15.4. The average Bonchev–Trinajstić information content (AvgIpc) is 2.36. The highest BCUT2D eigenvalue weighted by Crippen LogP contribution is 2.36. The molecule has 1 rings (SSSR count). The number of hydrogen-bond acceptors (Lipinski definition) is 1. The van der Waals surface area contributed by atoms with Gasteiger partial charge in [0, 0.05) is 0 Å². The minimum atomic E-state index is 0.0588. The molecular formula is C19H30O. The van der Waals surface area contributed by atoms with E-state index in [1.165, 1.54) is 22.3 Å². The molecule has 0 fully saturated rings. The summed E-state index contributed by atoms with van der Waals surface area (Å²) in [5.74, 6) is 1.55. The Labute approximate surface area is 125 Å². The van der Waals surface area contributed by atoms with Gasteiger partial charge in [-0.15, -0.1) is 0 Å². The first-order valence-electron chi connectivity index (χ1n) is 7.73. The van der Waals surface area contributed by atoms with E-state index in [9.17, 15) is 0 Å². The first kappa shape index (κ1) is 16.8. The lowest BCUT2D eigenvalue weighted by molar-refractivity contribution is 0.162. The van der Waals surface area contributed by atoms with E-state index < -0.39 is 0 Å². The Bertz CT molecular complexity index is 426.